The van der Waals surface area contributed by atoms with Crippen LogP contribution in [0.15, 0.2) is 18.2 Å². The third kappa shape index (κ3) is 2.43. The quantitative estimate of drug-likeness (QED) is 0.885. The second kappa shape index (κ2) is 5.28. The van der Waals surface area contributed by atoms with Gasteiger partial charge in [0.1, 0.15) is 0 Å². The number of hydrogen-bond acceptors (Lipinski definition) is 2. The summed E-state index contributed by atoms with van der Waals surface area (Å²) in [6, 6.07) is 6.78. The molecule has 0 aliphatic carbocycles. The number of benzene rings is 1. The smallest absolute Gasteiger partial charge is 0.0462 e. The van der Waals surface area contributed by atoms with Crippen LogP contribution in [-0.2, 0) is 0 Å². The fourth-order valence-corrected chi connectivity index (χ4v) is 3.02. The molecule has 2 rings (SSSR count). The molecule has 0 aromatic heterocycles. The predicted molar refractivity (Wildman–Crippen MR) is 75.2 cm³/mol. The summed E-state index contributed by atoms with van der Waals surface area (Å²) in [5, 5.41) is 4.24. The molecule has 0 bridgehead atoms. The first-order chi connectivity index (χ1) is 8.17. The van der Waals surface area contributed by atoms with Crippen molar-refractivity contribution in [3.8, 4) is 0 Å². The summed E-state index contributed by atoms with van der Waals surface area (Å²) in [4.78, 5) is 2.42. The second-order valence-electron chi connectivity index (χ2n) is 4.83. The molecule has 1 N–H and O–H groups in total. The zero-order valence-electron chi connectivity index (χ0n) is 10.8. The van der Waals surface area contributed by atoms with E-state index in [1.165, 1.54) is 11.3 Å². The zero-order chi connectivity index (χ0) is 12.4. The summed E-state index contributed by atoms with van der Waals surface area (Å²) >= 11 is 6.37. The summed E-state index contributed by atoms with van der Waals surface area (Å²) in [5.74, 6) is 0.557. The molecule has 2 nitrogen and oxygen atoms in total. The molecule has 1 aliphatic rings. The van der Waals surface area contributed by atoms with Crippen LogP contribution in [0.25, 0.3) is 0 Å². The molecule has 0 saturated heterocycles. The number of nitrogens with zero attached hydrogens (tertiary/aromatic N) is 1. The minimum atomic E-state index is 0.529. The Labute approximate surface area is 109 Å². The molecule has 0 saturated carbocycles. The van der Waals surface area contributed by atoms with Crippen LogP contribution < -0.4 is 10.2 Å². The zero-order valence-corrected chi connectivity index (χ0v) is 11.6. The standard InChI is InChI=1S/C14H21ClN2/c1-4-17-9-11(8-10(2)16-3)14-12(15)6-5-7-13(14)17/h5-7,10-11,16H,4,8-9H2,1-3H3. The Kier molecular flexibility index (Phi) is 3.95. The van der Waals surface area contributed by atoms with Crippen molar-refractivity contribution >= 4 is 17.3 Å². The highest BCUT2D eigenvalue weighted by molar-refractivity contribution is 6.32. The van der Waals surface area contributed by atoms with Gasteiger partial charge in [0.15, 0.2) is 0 Å². The highest BCUT2D eigenvalue weighted by Crippen LogP contribution is 2.42. The first-order valence-corrected chi connectivity index (χ1v) is 6.75. The van der Waals surface area contributed by atoms with Gasteiger partial charge in [0.25, 0.3) is 0 Å². The minimum absolute atomic E-state index is 0.529. The highest BCUT2D eigenvalue weighted by Gasteiger charge is 2.30. The van der Waals surface area contributed by atoms with Crippen molar-refractivity contribution in [2.45, 2.75) is 32.2 Å². The maximum absolute atomic E-state index is 6.37. The summed E-state index contributed by atoms with van der Waals surface area (Å²) in [7, 11) is 2.02. The largest absolute Gasteiger partial charge is 0.371 e. The summed E-state index contributed by atoms with van der Waals surface area (Å²) in [6.45, 7) is 6.58. The van der Waals surface area contributed by atoms with Gasteiger partial charge in [0.05, 0.1) is 0 Å². The van der Waals surface area contributed by atoms with E-state index in [4.69, 9.17) is 11.6 Å². The predicted octanol–water partition coefficient (Wildman–Crippen LogP) is 3.26. The van der Waals surface area contributed by atoms with Crippen LogP contribution in [0.3, 0.4) is 0 Å². The lowest BCUT2D eigenvalue weighted by Crippen LogP contribution is -2.26. The van der Waals surface area contributed by atoms with E-state index in [0.29, 0.717) is 12.0 Å². The van der Waals surface area contributed by atoms with E-state index in [2.05, 4.69) is 30.1 Å². The van der Waals surface area contributed by atoms with Gasteiger partial charge in [-0.25, -0.2) is 0 Å². The molecule has 0 spiro atoms. The van der Waals surface area contributed by atoms with Crippen molar-refractivity contribution in [1.82, 2.24) is 5.32 Å². The van der Waals surface area contributed by atoms with E-state index >= 15 is 0 Å². The number of rotatable bonds is 4. The van der Waals surface area contributed by atoms with Crippen LogP contribution in [0, 0.1) is 0 Å². The summed E-state index contributed by atoms with van der Waals surface area (Å²) < 4.78 is 0. The average molecular weight is 253 g/mol. The lowest BCUT2D eigenvalue weighted by Gasteiger charge is -2.18. The van der Waals surface area contributed by atoms with E-state index in [0.717, 1.165) is 24.5 Å². The van der Waals surface area contributed by atoms with Gasteiger partial charge in [-0.1, -0.05) is 17.7 Å². The first kappa shape index (κ1) is 12.7. The van der Waals surface area contributed by atoms with Gasteiger partial charge in [-0.15, -0.1) is 0 Å². The molecule has 2 atom stereocenters. The molecular formula is C14H21ClN2. The SMILES string of the molecule is CCN1CC(CC(C)NC)c2c(Cl)cccc21. The maximum atomic E-state index is 6.37. The first-order valence-electron chi connectivity index (χ1n) is 6.38. The van der Waals surface area contributed by atoms with Crippen LogP contribution in [-0.4, -0.2) is 26.2 Å². The van der Waals surface area contributed by atoms with Crippen molar-refractivity contribution in [1.29, 1.82) is 0 Å². The van der Waals surface area contributed by atoms with Crippen LogP contribution in [0.4, 0.5) is 5.69 Å². The highest BCUT2D eigenvalue weighted by atomic mass is 35.5. The molecule has 17 heavy (non-hydrogen) atoms. The molecule has 1 aliphatic heterocycles. The van der Waals surface area contributed by atoms with E-state index in [1.807, 2.05) is 19.2 Å². The average Bonchev–Trinajstić information content (AvgIpc) is 2.68. The fraction of sp³-hybridized carbons (Fsp3) is 0.571. The number of hydrogen-bond donors (Lipinski definition) is 1. The van der Waals surface area contributed by atoms with Gasteiger partial charge in [-0.05, 0) is 45.0 Å². The van der Waals surface area contributed by atoms with E-state index in [9.17, 15) is 0 Å². The number of likely N-dealkylation sites (N-methyl/N-ethyl adjacent to an activating group) is 1. The third-order valence-corrected chi connectivity index (χ3v) is 4.06. The Hall–Kier alpha value is -0.730. The summed E-state index contributed by atoms with van der Waals surface area (Å²) in [5.41, 5.74) is 2.67. The van der Waals surface area contributed by atoms with Crippen LogP contribution >= 0.6 is 11.6 Å². The van der Waals surface area contributed by atoms with E-state index in [-0.39, 0.29) is 0 Å². The molecule has 0 amide bonds. The Morgan fingerprint density at radius 3 is 2.94 bits per heavy atom. The lowest BCUT2D eigenvalue weighted by molar-refractivity contribution is 0.506. The fourth-order valence-electron chi connectivity index (χ4n) is 2.70. The van der Waals surface area contributed by atoms with Gasteiger partial charge in [-0.2, -0.15) is 0 Å². The lowest BCUT2D eigenvalue weighted by atomic mass is 9.94. The van der Waals surface area contributed by atoms with Crippen molar-refractivity contribution in [2.75, 3.05) is 25.0 Å². The van der Waals surface area contributed by atoms with Crippen molar-refractivity contribution < 1.29 is 0 Å². The van der Waals surface area contributed by atoms with Gasteiger partial charge in [-0.3, -0.25) is 0 Å². The number of fused-ring (bicyclic) bond motifs is 1. The van der Waals surface area contributed by atoms with Gasteiger partial charge in [0.2, 0.25) is 0 Å². The number of nitrogens with one attached hydrogen (secondary N) is 1. The Morgan fingerprint density at radius 2 is 2.29 bits per heavy atom. The molecule has 1 heterocycles. The monoisotopic (exact) mass is 252 g/mol. The van der Waals surface area contributed by atoms with Crippen molar-refractivity contribution in [2.24, 2.45) is 0 Å². The van der Waals surface area contributed by atoms with Crippen molar-refractivity contribution in [3.63, 3.8) is 0 Å². The number of halogens is 1. The maximum Gasteiger partial charge on any atom is 0.0462 e. The number of anilines is 1. The normalized spacial score (nSPS) is 20.5. The van der Waals surface area contributed by atoms with Crippen LogP contribution in [0.5, 0.6) is 0 Å². The summed E-state index contributed by atoms with van der Waals surface area (Å²) in [6.07, 6.45) is 1.14. The molecule has 1 aromatic carbocycles. The van der Waals surface area contributed by atoms with Gasteiger partial charge in [0, 0.05) is 35.8 Å². The van der Waals surface area contributed by atoms with Gasteiger partial charge >= 0.3 is 0 Å². The molecular weight excluding hydrogens is 232 g/mol. The molecule has 0 fully saturated rings. The van der Waals surface area contributed by atoms with E-state index < -0.39 is 0 Å². The molecule has 1 aromatic rings. The Morgan fingerprint density at radius 1 is 1.53 bits per heavy atom. The van der Waals surface area contributed by atoms with Crippen molar-refractivity contribution in [3.05, 3.63) is 28.8 Å². The Bertz CT molecular complexity index is 390. The van der Waals surface area contributed by atoms with Crippen LogP contribution in [0.1, 0.15) is 31.7 Å². The van der Waals surface area contributed by atoms with E-state index in [1.54, 1.807) is 0 Å². The topological polar surface area (TPSA) is 15.3 Å². The molecule has 2 unspecified atom stereocenters. The Balaban J connectivity index is 2.29. The van der Waals surface area contributed by atoms with Gasteiger partial charge < -0.3 is 10.2 Å². The third-order valence-electron chi connectivity index (χ3n) is 3.73. The molecule has 0 radical (unpaired) electrons. The van der Waals surface area contributed by atoms with Crippen LogP contribution in [0.2, 0.25) is 5.02 Å². The molecule has 3 heteroatoms. The minimum Gasteiger partial charge on any atom is -0.371 e. The second-order valence-corrected chi connectivity index (χ2v) is 5.24. The molecule has 94 valence electrons.